The van der Waals surface area contributed by atoms with Gasteiger partial charge in [-0.1, -0.05) is 20.8 Å². The molecule has 1 N–H and O–H groups in total. The number of aliphatic hydroxyl groups excluding tert-OH is 1. The summed E-state index contributed by atoms with van der Waals surface area (Å²) >= 11 is 0. The molecule has 0 amide bonds. The van der Waals surface area contributed by atoms with Gasteiger partial charge in [0.25, 0.3) is 0 Å². The molecule has 0 rings (SSSR count). The van der Waals surface area contributed by atoms with Crippen molar-refractivity contribution in [2.75, 3.05) is 6.61 Å². The highest BCUT2D eigenvalue weighted by atomic mass is 32.2. The fourth-order valence-electron chi connectivity index (χ4n) is 0.447. The summed E-state index contributed by atoms with van der Waals surface area (Å²) in [6, 6.07) is 0. The van der Waals surface area contributed by atoms with Gasteiger partial charge < -0.3 is 8.98 Å². The summed E-state index contributed by atoms with van der Waals surface area (Å²) in [5.41, 5.74) is -5.34. The topological polar surface area (TPSA) is 63.6 Å². The highest BCUT2D eigenvalue weighted by molar-refractivity contribution is 7.88. The van der Waals surface area contributed by atoms with Crippen LogP contribution in [0.2, 0.25) is 18.1 Å². The van der Waals surface area contributed by atoms with Crippen molar-refractivity contribution in [2.24, 2.45) is 0 Å². The number of hydrogen-bond donors (Lipinski definition) is 1. The van der Waals surface area contributed by atoms with Crippen molar-refractivity contribution in [1.29, 1.82) is 0 Å². The van der Waals surface area contributed by atoms with E-state index in [0.717, 1.165) is 0 Å². The van der Waals surface area contributed by atoms with Gasteiger partial charge in [-0.2, -0.15) is 21.6 Å². The summed E-state index contributed by atoms with van der Waals surface area (Å²) in [7, 11) is -8.43. The van der Waals surface area contributed by atoms with Crippen LogP contribution >= 0.6 is 0 Å². The highest BCUT2D eigenvalue weighted by Gasteiger charge is 2.52. The summed E-state index contributed by atoms with van der Waals surface area (Å²) in [4.78, 5) is 0. The maximum atomic E-state index is 12.1. The van der Waals surface area contributed by atoms with Crippen LogP contribution < -0.4 is 0 Å². The molecule has 0 saturated heterocycles. The van der Waals surface area contributed by atoms with Gasteiger partial charge in [0.05, 0.1) is 0 Å². The predicted molar refractivity (Wildman–Crippen MR) is 66.0 cm³/mol. The fourth-order valence-corrected chi connectivity index (χ4v) is 4.02. The van der Waals surface area contributed by atoms with E-state index in [1.807, 2.05) is 0 Å². The van der Waals surface area contributed by atoms with Gasteiger partial charge in [-0.05, 0) is 25.1 Å². The van der Waals surface area contributed by atoms with Crippen LogP contribution in [0.1, 0.15) is 27.7 Å². The van der Waals surface area contributed by atoms with Crippen molar-refractivity contribution in [3.63, 3.8) is 0 Å². The van der Waals surface area contributed by atoms with Crippen LogP contribution in [0.5, 0.6) is 0 Å². The van der Waals surface area contributed by atoms with Gasteiger partial charge >= 0.3 is 15.6 Å². The minimum atomic E-state index is -5.48. The number of alkyl halides is 3. The van der Waals surface area contributed by atoms with Gasteiger partial charge in [0, 0.05) is 6.61 Å². The second-order valence-corrected chi connectivity index (χ2v) is 11.6. The molecular formula is C9H21F3O4SSi. The van der Waals surface area contributed by atoms with Crippen molar-refractivity contribution in [3.05, 3.63) is 0 Å². The smallest absolute Gasteiger partial charge is 0.397 e. The minimum absolute atomic E-state index is 0.250. The van der Waals surface area contributed by atoms with Gasteiger partial charge in [-0.25, -0.2) is 0 Å². The lowest BCUT2D eigenvalue weighted by atomic mass is 10.2. The molecule has 0 unspecified atom stereocenters. The molecule has 0 aromatic rings. The molecule has 9 heteroatoms. The summed E-state index contributed by atoms with van der Waals surface area (Å²) in [5.74, 6) is 0. The number of rotatable bonds is 2. The van der Waals surface area contributed by atoms with Crippen LogP contribution in [0.3, 0.4) is 0 Å². The Morgan fingerprint density at radius 3 is 1.61 bits per heavy atom. The first-order valence-corrected chi connectivity index (χ1v) is 9.57. The van der Waals surface area contributed by atoms with E-state index in [9.17, 15) is 21.6 Å². The van der Waals surface area contributed by atoms with E-state index in [2.05, 4.69) is 3.87 Å². The van der Waals surface area contributed by atoms with Crippen molar-refractivity contribution < 1.29 is 30.6 Å². The van der Waals surface area contributed by atoms with Crippen LogP contribution in [0.15, 0.2) is 0 Å². The zero-order valence-electron chi connectivity index (χ0n) is 11.4. The first kappa shape index (κ1) is 20.2. The molecule has 0 aromatic heterocycles. The van der Waals surface area contributed by atoms with E-state index in [-0.39, 0.29) is 6.61 Å². The van der Waals surface area contributed by atoms with E-state index in [1.165, 1.54) is 13.1 Å². The second-order valence-electron chi connectivity index (χ2n) is 5.06. The standard InChI is InChI=1S/C7H15F3O3SSi.C2H6O/c1-6(2,3)15(4,5)13-14(11,12)7(8,9)10;1-2-3/h1-5H3;3H,2H2,1H3. The van der Waals surface area contributed by atoms with E-state index in [0.29, 0.717) is 0 Å². The van der Waals surface area contributed by atoms with E-state index in [4.69, 9.17) is 5.11 Å². The predicted octanol–water partition coefficient (Wildman–Crippen LogP) is 2.86. The lowest BCUT2D eigenvalue weighted by Crippen LogP contribution is -2.45. The Hall–Kier alpha value is -0.123. The molecular weight excluding hydrogens is 289 g/mol. The maximum Gasteiger partial charge on any atom is 0.522 e. The summed E-state index contributed by atoms with van der Waals surface area (Å²) in [6.45, 7) is 9.79. The zero-order valence-corrected chi connectivity index (χ0v) is 13.2. The molecule has 0 aliphatic rings. The number of halogens is 3. The van der Waals surface area contributed by atoms with Gasteiger partial charge in [0.15, 0.2) is 0 Å². The Labute approximate surface area is 107 Å². The van der Waals surface area contributed by atoms with Crippen molar-refractivity contribution in [1.82, 2.24) is 0 Å². The van der Waals surface area contributed by atoms with Gasteiger partial charge in [0.1, 0.15) is 0 Å². The molecule has 4 nitrogen and oxygen atoms in total. The Kier molecular flexibility index (Phi) is 7.13. The normalized spacial score (nSPS) is 13.9. The van der Waals surface area contributed by atoms with Gasteiger partial charge in [-0.15, -0.1) is 0 Å². The summed E-state index contributed by atoms with van der Waals surface area (Å²) < 4.78 is 62.1. The first-order valence-electron chi connectivity index (χ1n) is 5.25. The average molecular weight is 310 g/mol. The third-order valence-electron chi connectivity index (χ3n) is 2.41. The molecule has 0 bridgehead atoms. The van der Waals surface area contributed by atoms with Crippen LogP contribution in [0.25, 0.3) is 0 Å². The molecule has 0 atom stereocenters. The molecule has 0 aliphatic carbocycles. The van der Waals surface area contributed by atoms with Gasteiger partial charge in [-0.3, -0.25) is 0 Å². The van der Waals surface area contributed by atoms with Gasteiger partial charge in [0.2, 0.25) is 8.32 Å². The third kappa shape index (κ3) is 6.16. The second kappa shape index (κ2) is 6.35. The molecule has 0 spiro atoms. The molecule has 0 aliphatic heterocycles. The zero-order chi connectivity index (χ0) is 15.4. The summed E-state index contributed by atoms with van der Waals surface area (Å²) in [6.07, 6.45) is 0. The quantitative estimate of drug-likeness (QED) is 0.629. The number of aliphatic hydroxyl groups is 1. The Morgan fingerprint density at radius 1 is 1.17 bits per heavy atom. The van der Waals surface area contributed by atoms with Crippen LogP contribution in [-0.4, -0.2) is 34.0 Å². The SMILES string of the molecule is CC(C)(C)[Si](C)(C)OS(=O)(=O)C(F)(F)F.CCO. The fraction of sp³-hybridized carbons (Fsp3) is 1.00. The summed E-state index contributed by atoms with van der Waals surface area (Å²) in [5, 5.41) is 6.98. The lowest BCUT2D eigenvalue weighted by molar-refractivity contribution is -0.0504. The Balaban J connectivity index is 0. The van der Waals surface area contributed by atoms with Crippen LogP contribution in [0.4, 0.5) is 13.2 Å². The third-order valence-corrected chi connectivity index (χ3v) is 9.13. The van der Waals surface area contributed by atoms with Crippen molar-refractivity contribution in [2.45, 2.75) is 51.3 Å². The monoisotopic (exact) mass is 310 g/mol. The van der Waals surface area contributed by atoms with E-state index >= 15 is 0 Å². The van der Waals surface area contributed by atoms with Crippen LogP contribution in [-0.2, 0) is 14.0 Å². The van der Waals surface area contributed by atoms with Crippen molar-refractivity contribution in [3.8, 4) is 0 Å². The molecule has 0 fully saturated rings. The molecule has 0 saturated carbocycles. The van der Waals surface area contributed by atoms with Crippen molar-refractivity contribution >= 4 is 18.4 Å². The largest absolute Gasteiger partial charge is 0.522 e. The Morgan fingerprint density at radius 2 is 1.44 bits per heavy atom. The molecule has 0 heterocycles. The Bertz CT molecular complexity index is 344. The lowest BCUT2D eigenvalue weighted by Gasteiger charge is -2.35. The van der Waals surface area contributed by atoms with Crippen LogP contribution in [0, 0.1) is 0 Å². The molecule has 0 radical (unpaired) electrons. The maximum absolute atomic E-state index is 12.1. The molecule has 112 valence electrons. The minimum Gasteiger partial charge on any atom is -0.397 e. The van der Waals surface area contributed by atoms with E-state index < -0.39 is 29.0 Å². The number of hydrogen-bond acceptors (Lipinski definition) is 4. The highest BCUT2D eigenvalue weighted by Crippen LogP contribution is 2.40. The molecule has 0 aromatic carbocycles. The molecule has 18 heavy (non-hydrogen) atoms. The average Bonchev–Trinajstić information content (AvgIpc) is 1.98. The first-order chi connectivity index (χ1) is 7.62. The van der Waals surface area contributed by atoms with E-state index in [1.54, 1.807) is 27.7 Å².